The highest BCUT2D eigenvalue weighted by atomic mass is 16.4. The molecule has 1 atom stereocenters. The van der Waals surface area contributed by atoms with E-state index in [2.05, 4.69) is 14.9 Å². The minimum absolute atomic E-state index is 0.238. The summed E-state index contributed by atoms with van der Waals surface area (Å²) in [5.41, 5.74) is 1.99. The number of hydrogen-bond acceptors (Lipinski definition) is 3. The number of aromatic amines is 1. The molecule has 0 amide bonds. The summed E-state index contributed by atoms with van der Waals surface area (Å²) in [5.74, 6) is -0.0142. The predicted octanol–water partition coefficient (Wildman–Crippen LogP) is 1.86. The standard InChI is InChI=1S/C14H17N3O2/c18-14(19)10-4-3-7-17(8-10)9-13-15-11-5-1-2-6-12(11)16-13/h1-2,5-6,10H,3-4,7-9H2,(H,15,16)(H,18,19). The fourth-order valence-electron chi connectivity index (χ4n) is 2.69. The highest BCUT2D eigenvalue weighted by Crippen LogP contribution is 2.19. The molecule has 1 aromatic carbocycles. The van der Waals surface area contributed by atoms with Crippen LogP contribution < -0.4 is 0 Å². The van der Waals surface area contributed by atoms with E-state index in [1.54, 1.807) is 0 Å². The number of benzene rings is 1. The quantitative estimate of drug-likeness (QED) is 0.882. The second-order valence-electron chi connectivity index (χ2n) is 5.11. The number of imidazole rings is 1. The van der Waals surface area contributed by atoms with Crippen LogP contribution in [0.1, 0.15) is 18.7 Å². The summed E-state index contributed by atoms with van der Waals surface area (Å²) in [7, 11) is 0. The zero-order valence-corrected chi connectivity index (χ0v) is 10.7. The van der Waals surface area contributed by atoms with Crippen LogP contribution in [0.4, 0.5) is 0 Å². The second-order valence-corrected chi connectivity index (χ2v) is 5.11. The summed E-state index contributed by atoms with van der Waals surface area (Å²) in [5, 5.41) is 9.09. The number of fused-ring (bicyclic) bond motifs is 1. The molecule has 5 heteroatoms. The van der Waals surface area contributed by atoms with Gasteiger partial charge in [-0.2, -0.15) is 0 Å². The van der Waals surface area contributed by atoms with E-state index < -0.39 is 5.97 Å². The molecule has 3 rings (SSSR count). The number of H-pyrrole nitrogens is 1. The molecule has 1 aliphatic heterocycles. The van der Waals surface area contributed by atoms with Crippen molar-refractivity contribution < 1.29 is 9.90 Å². The molecule has 5 nitrogen and oxygen atoms in total. The summed E-state index contributed by atoms with van der Waals surface area (Å²) in [4.78, 5) is 21.0. The third kappa shape index (κ3) is 2.61. The normalized spacial score (nSPS) is 20.7. The topological polar surface area (TPSA) is 69.2 Å². The maximum Gasteiger partial charge on any atom is 0.307 e. The molecule has 1 aromatic heterocycles. The van der Waals surface area contributed by atoms with Gasteiger partial charge in [-0.25, -0.2) is 4.98 Å². The van der Waals surface area contributed by atoms with Crippen LogP contribution in [0, 0.1) is 5.92 Å². The first-order valence-corrected chi connectivity index (χ1v) is 6.61. The van der Waals surface area contributed by atoms with E-state index in [1.807, 2.05) is 24.3 Å². The van der Waals surface area contributed by atoms with Gasteiger partial charge in [-0.15, -0.1) is 0 Å². The summed E-state index contributed by atoms with van der Waals surface area (Å²) in [6.07, 6.45) is 1.73. The fraction of sp³-hybridized carbons (Fsp3) is 0.429. The molecule has 2 N–H and O–H groups in total. The first kappa shape index (κ1) is 12.2. The minimum atomic E-state index is -0.686. The largest absolute Gasteiger partial charge is 0.481 e. The van der Waals surface area contributed by atoms with Gasteiger partial charge in [0, 0.05) is 6.54 Å². The number of piperidine rings is 1. The van der Waals surface area contributed by atoms with E-state index in [0.717, 1.165) is 36.2 Å². The predicted molar refractivity (Wildman–Crippen MR) is 71.7 cm³/mol. The average Bonchev–Trinajstić information content (AvgIpc) is 2.81. The van der Waals surface area contributed by atoms with Gasteiger partial charge in [0.15, 0.2) is 0 Å². The van der Waals surface area contributed by atoms with Gasteiger partial charge in [-0.1, -0.05) is 12.1 Å². The van der Waals surface area contributed by atoms with Gasteiger partial charge in [0.25, 0.3) is 0 Å². The Kier molecular flexibility index (Phi) is 3.21. The number of likely N-dealkylation sites (tertiary alicyclic amines) is 1. The molecular weight excluding hydrogens is 242 g/mol. The number of hydrogen-bond donors (Lipinski definition) is 2. The van der Waals surface area contributed by atoms with E-state index in [1.165, 1.54) is 0 Å². The zero-order valence-electron chi connectivity index (χ0n) is 10.7. The summed E-state index contributed by atoms with van der Waals surface area (Å²) in [6.45, 7) is 2.26. The van der Waals surface area contributed by atoms with Crippen LogP contribution in [0.5, 0.6) is 0 Å². The number of nitrogens with zero attached hydrogens (tertiary/aromatic N) is 2. The van der Waals surface area contributed by atoms with Crippen molar-refractivity contribution >= 4 is 17.0 Å². The van der Waals surface area contributed by atoms with E-state index in [-0.39, 0.29) is 5.92 Å². The molecule has 0 aliphatic carbocycles. The van der Waals surface area contributed by atoms with E-state index in [9.17, 15) is 4.79 Å². The molecule has 0 radical (unpaired) electrons. The number of para-hydroxylation sites is 2. The molecule has 1 aliphatic rings. The van der Waals surface area contributed by atoms with E-state index >= 15 is 0 Å². The molecule has 1 unspecified atom stereocenters. The Bertz CT molecular complexity index is 560. The highest BCUT2D eigenvalue weighted by Gasteiger charge is 2.25. The summed E-state index contributed by atoms with van der Waals surface area (Å²) < 4.78 is 0. The summed E-state index contributed by atoms with van der Waals surface area (Å²) >= 11 is 0. The maximum atomic E-state index is 11.0. The number of rotatable bonds is 3. The first-order valence-electron chi connectivity index (χ1n) is 6.61. The Labute approximate surface area is 111 Å². The van der Waals surface area contributed by atoms with Crippen molar-refractivity contribution in [3.05, 3.63) is 30.1 Å². The van der Waals surface area contributed by atoms with Crippen molar-refractivity contribution in [2.45, 2.75) is 19.4 Å². The first-order chi connectivity index (χ1) is 9.22. The molecule has 0 saturated carbocycles. The Morgan fingerprint density at radius 2 is 2.32 bits per heavy atom. The van der Waals surface area contributed by atoms with Crippen molar-refractivity contribution in [2.75, 3.05) is 13.1 Å². The second kappa shape index (κ2) is 5.01. The SMILES string of the molecule is O=C(O)C1CCCN(Cc2nc3ccccc3[nH]2)C1. The third-order valence-corrected chi connectivity index (χ3v) is 3.67. The van der Waals surface area contributed by atoms with Crippen LogP contribution in [-0.2, 0) is 11.3 Å². The van der Waals surface area contributed by atoms with E-state index in [0.29, 0.717) is 13.1 Å². The smallest absolute Gasteiger partial charge is 0.307 e. The number of carbonyl (C=O) groups is 1. The van der Waals surface area contributed by atoms with Gasteiger partial charge in [0.05, 0.1) is 23.5 Å². The van der Waals surface area contributed by atoms with Crippen molar-refractivity contribution in [1.29, 1.82) is 0 Å². The number of aliphatic carboxylic acids is 1. The van der Waals surface area contributed by atoms with Gasteiger partial charge in [0.2, 0.25) is 0 Å². The fourth-order valence-corrected chi connectivity index (χ4v) is 2.69. The van der Waals surface area contributed by atoms with Gasteiger partial charge in [0.1, 0.15) is 5.82 Å². The highest BCUT2D eigenvalue weighted by molar-refractivity contribution is 5.74. The van der Waals surface area contributed by atoms with Crippen LogP contribution in [0.3, 0.4) is 0 Å². The molecule has 0 spiro atoms. The minimum Gasteiger partial charge on any atom is -0.481 e. The Morgan fingerprint density at radius 1 is 1.47 bits per heavy atom. The number of nitrogens with one attached hydrogen (secondary N) is 1. The monoisotopic (exact) mass is 259 g/mol. The number of carboxylic acids is 1. The van der Waals surface area contributed by atoms with Gasteiger partial charge in [-0.3, -0.25) is 9.69 Å². The van der Waals surface area contributed by atoms with Crippen molar-refractivity contribution in [3.8, 4) is 0 Å². The Hall–Kier alpha value is -1.88. The molecule has 1 saturated heterocycles. The van der Waals surface area contributed by atoms with Crippen LogP contribution in [0.2, 0.25) is 0 Å². The molecular formula is C14H17N3O2. The third-order valence-electron chi connectivity index (χ3n) is 3.67. The Balaban J connectivity index is 1.72. The molecule has 100 valence electrons. The zero-order chi connectivity index (χ0) is 13.2. The lowest BCUT2D eigenvalue weighted by Gasteiger charge is -2.29. The molecule has 1 fully saturated rings. The van der Waals surface area contributed by atoms with Crippen LogP contribution in [-0.4, -0.2) is 39.0 Å². The van der Waals surface area contributed by atoms with E-state index in [4.69, 9.17) is 5.11 Å². The molecule has 2 heterocycles. The van der Waals surface area contributed by atoms with Gasteiger partial charge < -0.3 is 10.1 Å². The molecule has 2 aromatic rings. The van der Waals surface area contributed by atoms with Crippen molar-refractivity contribution in [3.63, 3.8) is 0 Å². The maximum absolute atomic E-state index is 11.0. The average molecular weight is 259 g/mol. The van der Waals surface area contributed by atoms with Crippen molar-refractivity contribution in [2.24, 2.45) is 5.92 Å². The lowest BCUT2D eigenvalue weighted by molar-refractivity contribution is -0.143. The lowest BCUT2D eigenvalue weighted by Crippen LogP contribution is -2.38. The van der Waals surface area contributed by atoms with Gasteiger partial charge in [-0.05, 0) is 31.5 Å². The number of aromatic nitrogens is 2. The molecule has 0 bridgehead atoms. The lowest BCUT2D eigenvalue weighted by atomic mass is 9.98. The van der Waals surface area contributed by atoms with Gasteiger partial charge >= 0.3 is 5.97 Å². The summed E-state index contributed by atoms with van der Waals surface area (Å²) in [6, 6.07) is 7.92. The van der Waals surface area contributed by atoms with Crippen LogP contribution in [0.15, 0.2) is 24.3 Å². The van der Waals surface area contributed by atoms with Crippen LogP contribution >= 0.6 is 0 Å². The van der Waals surface area contributed by atoms with Crippen LogP contribution in [0.25, 0.3) is 11.0 Å². The number of carboxylic acid groups (broad SMARTS) is 1. The molecule has 19 heavy (non-hydrogen) atoms. The Morgan fingerprint density at radius 3 is 3.11 bits per heavy atom. The van der Waals surface area contributed by atoms with Crippen molar-refractivity contribution in [1.82, 2.24) is 14.9 Å².